The minimum atomic E-state index is -2.32. The first kappa shape index (κ1) is 15.8. The van der Waals surface area contributed by atoms with Crippen molar-refractivity contribution in [1.82, 2.24) is 0 Å². The molecule has 0 radical (unpaired) electrons. The standard InChI is InChI=1S/C29H25N2O/c1-17-12-13-23-27-22(21-10-8-7-9-11-21)14-15-24(30-5)29(27)32-28(23)26(17)25-16-18(2)19(3)20(4)31(25)6/h7-16H,1-4,6H3/q+1/i3D3,16D. The summed E-state index contributed by atoms with van der Waals surface area (Å²) in [4.78, 5) is 3.71. The third kappa shape index (κ3) is 2.84. The predicted molar refractivity (Wildman–Crippen MR) is 131 cm³/mol. The van der Waals surface area contributed by atoms with E-state index in [0.717, 1.165) is 33.0 Å². The van der Waals surface area contributed by atoms with E-state index < -0.39 is 6.85 Å². The Morgan fingerprint density at radius 2 is 1.75 bits per heavy atom. The third-order valence-electron chi connectivity index (χ3n) is 6.30. The van der Waals surface area contributed by atoms with Crippen molar-refractivity contribution in [2.75, 3.05) is 0 Å². The maximum atomic E-state index is 8.99. The molecule has 0 saturated carbocycles. The molecule has 2 aromatic heterocycles. The van der Waals surface area contributed by atoms with E-state index in [0.29, 0.717) is 33.8 Å². The minimum Gasteiger partial charge on any atom is -0.466 e. The van der Waals surface area contributed by atoms with Crippen molar-refractivity contribution in [3.8, 4) is 22.4 Å². The summed E-state index contributed by atoms with van der Waals surface area (Å²) in [6.07, 6.45) is 0. The number of pyridine rings is 1. The smallest absolute Gasteiger partial charge is 0.229 e. The molecule has 5 rings (SSSR count). The molecule has 0 amide bonds. The van der Waals surface area contributed by atoms with E-state index in [9.17, 15) is 0 Å². The fourth-order valence-corrected chi connectivity index (χ4v) is 4.43. The number of hydrogen-bond donors (Lipinski definition) is 0. The Hall–Kier alpha value is -3.90. The summed E-state index contributed by atoms with van der Waals surface area (Å²) in [5.74, 6) is 0. The molecule has 0 aliphatic rings. The van der Waals surface area contributed by atoms with Gasteiger partial charge in [0.15, 0.2) is 5.69 Å². The number of fused-ring (bicyclic) bond motifs is 3. The summed E-state index contributed by atoms with van der Waals surface area (Å²) < 4.78 is 41.3. The lowest BCUT2D eigenvalue weighted by molar-refractivity contribution is -0.667. The second kappa shape index (κ2) is 7.35. The summed E-state index contributed by atoms with van der Waals surface area (Å²) in [5, 5.41) is 1.71. The van der Waals surface area contributed by atoms with Crippen LogP contribution in [0.1, 0.15) is 27.9 Å². The quantitative estimate of drug-likeness (QED) is 0.213. The number of furan rings is 1. The van der Waals surface area contributed by atoms with Gasteiger partial charge in [-0.1, -0.05) is 54.6 Å². The van der Waals surface area contributed by atoms with E-state index in [4.69, 9.17) is 16.5 Å². The molecule has 0 fully saturated rings. The maximum absolute atomic E-state index is 8.99. The molecular formula is C29H25N2O+. The fraction of sp³-hybridized carbons (Fsp3) is 0.172. The highest BCUT2D eigenvalue weighted by Gasteiger charge is 2.25. The highest BCUT2D eigenvalue weighted by Crippen LogP contribution is 2.44. The van der Waals surface area contributed by atoms with Crippen molar-refractivity contribution in [1.29, 1.82) is 0 Å². The van der Waals surface area contributed by atoms with Gasteiger partial charge in [-0.05, 0) is 43.0 Å². The van der Waals surface area contributed by atoms with Gasteiger partial charge in [-0.3, -0.25) is 0 Å². The Morgan fingerprint density at radius 1 is 0.969 bits per heavy atom. The molecular weight excluding hydrogens is 392 g/mol. The average Bonchev–Trinajstić information content (AvgIpc) is 3.23. The van der Waals surface area contributed by atoms with Crippen molar-refractivity contribution < 1.29 is 14.5 Å². The van der Waals surface area contributed by atoms with Crippen molar-refractivity contribution in [3.05, 3.63) is 94.4 Å². The van der Waals surface area contributed by atoms with Gasteiger partial charge in [-0.25, -0.2) is 4.85 Å². The molecule has 3 nitrogen and oxygen atoms in total. The molecule has 0 N–H and O–H groups in total. The number of aryl methyl sites for hydroxylation is 1. The molecule has 0 spiro atoms. The van der Waals surface area contributed by atoms with Crippen LogP contribution in [0, 0.1) is 34.2 Å². The second-order valence-electron chi connectivity index (χ2n) is 8.17. The van der Waals surface area contributed by atoms with Crippen molar-refractivity contribution in [2.45, 2.75) is 27.6 Å². The average molecular weight is 422 g/mol. The van der Waals surface area contributed by atoms with Crippen molar-refractivity contribution >= 4 is 27.6 Å². The van der Waals surface area contributed by atoms with Gasteiger partial charge in [0.2, 0.25) is 11.4 Å². The van der Waals surface area contributed by atoms with Gasteiger partial charge in [-0.15, -0.1) is 0 Å². The van der Waals surface area contributed by atoms with Crippen LogP contribution in [-0.4, -0.2) is 0 Å². The zero-order valence-corrected chi connectivity index (χ0v) is 18.5. The van der Waals surface area contributed by atoms with E-state index in [1.165, 1.54) is 0 Å². The highest BCUT2D eigenvalue weighted by atomic mass is 16.3. The Morgan fingerprint density at radius 3 is 2.47 bits per heavy atom. The number of rotatable bonds is 2. The van der Waals surface area contributed by atoms with Crippen LogP contribution < -0.4 is 4.57 Å². The second-order valence-corrected chi connectivity index (χ2v) is 8.17. The van der Waals surface area contributed by atoms with Crippen LogP contribution in [0.4, 0.5) is 5.69 Å². The molecule has 0 unspecified atom stereocenters. The maximum Gasteiger partial charge on any atom is 0.229 e. The van der Waals surface area contributed by atoms with E-state index >= 15 is 0 Å². The van der Waals surface area contributed by atoms with Gasteiger partial charge >= 0.3 is 0 Å². The first-order valence-corrected chi connectivity index (χ1v) is 10.5. The Labute approximate surface area is 194 Å². The molecule has 2 heterocycles. The lowest BCUT2D eigenvalue weighted by Crippen LogP contribution is -2.36. The van der Waals surface area contributed by atoms with Crippen LogP contribution in [0.15, 0.2) is 65.1 Å². The molecule has 32 heavy (non-hydrogen) atoms. The third-order valence-corrected chi connectivity index (χ3v) is 6.30. The molecule has 0 aliphatic heterocycles. The fourth-order valence-electron chi connectivity index (χ4n) is 4.43. The first-order valence-electron chi connectivity index (χ1n) is 12.5. The summed E-state index contributed by atoms with van der Waals surface area (Å²) in [5.41, 5.74) is 6.93. The monoisotopic (exact) mass is 421 g/mol. The summed E-state index contributed by atoms with van der Waals surface area (Å²) in [6.45, 7) is 10.8. The largest absolute Gasteiger partial charge is 0.466 e. The zero-order chi connectivity index (χ0) is 25.9. The van der Waals surface area contributed by atoms with Gasteiger partial charge < -0.3 is 4.42 Å². The number of aromatic nitrogens is 1. The molecule has 5 aromatic rings. The van der Waals surface area contributed by atoms with Gasteiger partial charge in [0.05, 0.1) is 13.5 Å². The van der Waals surface area contributed by atoms with E-state index in [1.807, 2.05) is 55.5 Å². The Kier molecular flexibility index (Phi) is 3.64. The van der Waals surface area contributed by atoms with Crippen LogP contribution in [0.3, 0.4) is 0 Å². The van der Waals surface area contributed by atoms with Crippen molar-refractivity contribution in [3.63, 3.8) is 0 Å². The lowest BCUT2D eigenvalue weighted by atomic mass is 9.95. The highest BCUT2D eigenvalue weighted by molar-refractivity contribution is 6.18. The van der Waals surface area contributed by atoms with E-state index in [-0.39, 0.29) is 11.6 Å². The first-order chi connectivity index (χ1) is 17.1. The van der Waals surface area contributed by atoms with Gasteiger partial charge in [0.1, 0.15) is 18.2 Å². The van der Waals surface area contributed by atoms with E-state index in [1.54, 1.807) is 31.5 Å². The molecule has 0 saturated heterocycles. The molecule has 0 aliphatic carbocycles. The predicted octanol–water partition coefficient (Wildman–Crippen LogP) is 7.53. The van der Waals surface area contributed by atoms with E-state index in [2.05, 4.69) is 4.85 Å². The SMILES string of the molecule is [2H]c1c(C)c(C([2H])([2H])[2H])c(C)[n+](C)c1-c1c(C)ccc2c1oc1c([N+]#[C-])ccc(-c3ccccc3)c12. The summed E-state index contributed by atoms with van der Waals surface area (Å²) in [7, 11) is 1.79. The molecule has 156 valence electrons. The Bertz CT molecular complexity index is 1700. The number of benzene rings is 3. The normalized spacial score (nSPS) is 13.5. The summed E-state index contributed by atoms with van der Waals surface area (Å²) >= 11 is 0. The van der Waals surface area contributed by atoms with Crippen LogP contribution in [0.5, 0.6) is 0 Å². The molecule has 3 aromatic carbocycles. The summed E-state index contributed by atoms with van der Waals surface area (Å²) in [6, 6.07) is 17.9. The molecule has 3 heteroatoms. The van der Waals surface area contributed by atoms with Crippen molar-refractivity contribution in [2.24, 2.45) is 7.05 Å². The lowest BCUT2D eigenvalue weighted by Gasteiger charge is -2.10. The van der Waals surface area contributed by atoms with Crippen LogP contribution in [0.25, 0.3) is 49.2 Å². The zero-order valence-electron chi connectivity index (χ0n) is 22.5. The van der Waals surface area contributed by atoms with Gasteiger partial charge in [0, 0.05) is 33.4 Å². The van der Waals surface area contributed by atoms with Gasteiger partial charge in [0.25, 0.3) is 0 Å². The van der Waals surface area contributed by atoms with Crippen LogP contribution in [0.2, 0.25) is 0 Å². The Balaban J connectivity index is 1.95. The minimum absolute atomic E-state index is 0.152. The topological polar surface area (TPSA) is 21.4 Å². The number of hydrogen-bond acceptors (Lipinski definition) is 1. The van der Waals surface area contributed by atoms with Crippen LogP contribution >= 0.6 is 0 Å². The van der Waals surface area contributed by atoms with Crippen LogP contribution in [-0.2, 0) is 7.05 Å². The number of nitrogens with zero attached hydrogens (tertiary/aromatic N) is 2. The molecule has 0 atom stereocenters. The van der Waals surface area contributed by atoms with Gasteiger partial charge in [-0.2, -0.15) is 4.57 Å². The molecule has 0 bridgehead atoms.